The van der Waals surface area contributed by atoms with Crippen LogP contribution < -0.4 is 5.32 Å². The largest absolute Gasteiger partial charge is 0.325 e. The highest BCUT2D eigenvalue weighted by Gasteiger charge is 2.28. The molecule has 0 bridgehead atoms. The number of hydrogen-bond donors (Lipinski definition) is 1. The molecular weight excluding hydrogens is 420 g/mol. The van der Waals surface area contributed by atoms with E-state index in [0.29, 0.717) is 17.7 Å². The van der Waals surface area contributed by atoms with E-state index in [9.17, 15) is 13.2 Å². The summed E-state index contributed by atoms with van der Waals surface area (Å²) in [5, 5.41) is 2.87. The summed E-state index contributed by atoms with van der Waals surface area (Å²) in [6, 6.07) is 20.8. The third kappa shape index (κ3) is 5.84. The number of amides is 1. The fraction of sp³-hybridized carbons (Fsp3) is 0.269. The number of sulfonamides is 1. The molecule has 168 valence electrons. The standard InChI is InChI=1S/C26H30N2O3S/c1-19-11-13-24(22(4)16-19)27-26(29)18-28(15-14-23-8-6-5-7-9-23)32(30,31)25-17-20(2)10-12-21(25)3/h5-13,16-17H,14-15,18H2,1-4H3,(H,27,29). The van der Waals surface area contributed by atoms with Gasteiger partial charge in [-0.1, -0.05) is 60.2 Å². The van der Waals surface area contributed by atoms with E-state index in [2.05, 4.69) is 5.32 Å². The van der Waals surface area contributed by atoms with Gasteiger partial charge < -0.3 is 5.32 Å². The number of anilines is 1. The fourth-order valence-corrected chi connectivity index (χ4v) is 5.32. The molecule has 0 saturated heterocycles. The van der Waals surface area contributed by atoms with Gasteiger partial charge in [-0.15, -0.1) is 0 Å². The van der Waals surface area contributed by atoms with Crippen molar-refractivity contribution in [3.05, 3.63) is 94.5 Å². The quantitative estimate of drug-likeness (QED) is 0.536. The van der Waals surface area contributed by atoms with Crippen LogP contribution in [-0.4, -0.2) is 31.7 Å². The van der Waals surface area contributed by atoms with Crippen LogP contribution in [0.15, 0.2) is 71.6 Å². The van der Waals surface area contributed by atoms with E-state index < -0.39 is 10.0 Å². The number of nitrogens with one attached hydrogen (secondary N) is 1. The van der Waals surface area contributed by atoms with Crippen molar-refractivity contribution in [3.63, 3.8) is 0 Å². The molecule has 0 unspecified atom stereocenters. The summed E-state index contributed by atoms with van der Waals surface area (Å²) in [5.41, 5.74) is 5.26. The van der Waals surface area contributed by atoms with Gasteiger partial charge in [-0.2, -0.15) is 4.31 Å². The first-order chi connectivity index (χ1) is 15.2. The monoisotopic (exact) mass is 450 g/mol. The van der Waals surface area contributed by atoms with Gasteiger partial charge in [-0.05, 0) is 68.5 Å². The maximum absolute atomic E-state index is 13.6. The lowest BCUT2D eigenvalue weighted by atomic mass is 10.1. The van der Waals surface area contributed by atoms with Crippen LogP contribution in [0.1, 0.15) is 27.8 Å². The molecule has 5 nitrogen and oxygen atoms in total. The average molecular weight is 451 g/mol. The van der Waals surface area contributed by atoms with Gasteiger partial charge in [0.1, 0.15) is 0 Å². The fourth-order valence-electron chi connectivity index (χ4n) is 3.61. The lowest BCUT2D eigenvalue weighted by molar-refractivity contribution is -0.116. The third-order valence-electron chi connectivity index (χ3n) is 5.43. The van der Waals surface area contributed by atoms with Crippen LogP contribution in [0, 0.1) is 27.7 Å². The molecule has 3 rings (SSSR count). The van der Waals surface area contributed by atoms with Crippen LogP contribution in [0.2, 0.25) is 0 Å². The zero-order valence-corrected chi connectivity index (χ0v) is 19.9. The Hall–Kier alpha value is -2.96. The number of rotatable bonds is 8. The lowest BCUT2D eigenvalue weighted by Gasteiger charge is -2.23. The summed E-state index contributed by atoms with van der Waals surface area (Å²) in [4.78, 5) is 13.1. The Labute approximate surface area is 191 Å². The van der Waals surface area contributed by atoms with Crippen LogP contribution in [0.5, 0.6) is 0 Å². The van der Waals surface area contributed by atoms with E-state index in [1.165, 1.54) is 4.31 Å². The molecule has 0 radical (unpaired) electrons. The Morgan fingerprint density at radius 3 is 2.19 bits per heavy atom. The Morgan fingerprint density at radius 1 is 0.844 bits per heavy atom. The van der Waals surface area contributed by atoms with E-state index in [1.54, 1.807) is 19.1 Å². The van der Waals surface area contributed by atoms with Crippen molar-refractivity contribution in [1.82, 2.24) is 4.31 Å². The second kappa shape index (κ2) is 10.1. The molecule has 0 saturated carbocycles. The van der Waals surface area contributed by atoms with Crippen molar-refractivity contribution in [3.8, 4) is 0 Å². The predicted molar refractivity (Wildman–Crippen MR) is 129 cm³/mol. The molecule has 32 heavy (non-hydrogen) atoms. The van der Waals surface area contributed by atoms with E-state index in [1.807, 2.05) is 75.4 Å². The van der Waals surface area contributed by atoms with Crippen molar-refractivity contribution in [1.29, 1.82) is 0 Å². The highest BCUT2D eigenvalue weighted by atomic mass is 32.2. The second-order valence-corrected chi connectivity index (χ2v) is 10.1. The summed E-state index contributed by atoms with van der Waals surface area (Å²) < 4.78 is 28.4. The predicted octanol–water partition coefficient (Wildman–Crippen LogP) is 4.79. The number of hydrogen-bond acceptors (Lipinski definition) is 3. The number of aryl methyl sites for hydroxylation is 4. The minimum Gasteiger partial charge on any atom is -0.325 e. The van der Waals surface area contributed by atoms with Crippen LogP contribution in [-0.2, 0) is 21.2 Å². The van der Waals surface area contributed by atoms with E-state index in [0.717, 1.165) is 22.3 Å². The van der Waals surface area contributed by atoms with Crippen molar-refractivity contribution >= 4 is 21.6 Å². The topological polar surface area (TPSA) is 66.5 Å². The molecule has 3 aromatic carbocycles. The minimum atomic E-state index is -3.86. The van der Waals surface area contributed by atoms with Gasteiger partial charge >= 0.3 is 0 Å². The SMILES string of the molecule is Cc1ccc(NC(=O)CN(CCc2ccccc2)S(=O)(=O)c2cc(C)ccc2C)c(C)c1. The summed E-state index contributed by atoms with van der Waals surface area (Å²) >= 11 is 0. The van der Waals surface area contributed by atoms with Crippen LogP contribution in [0.4, 0.5) is 5.69 Å². The zero-order valence-electron chi connectivity index (χ0n) is 19.1. The summed E-state index contributed by atoms with van der Waals surface area (Å²) in [6.45, 7) is 7.50. The number of nitrogens with zero attached hydrogens (tertiary/aromatic N) is 1. The smallest absolute Gasteiger partial charge is 0.243 e. The van der Waals surface area contributed by atoms with Gasteiger partial charge in [0.25, 0.3) is 0 Å². The molecule has 0 aliphatic heterocycles. The van der Waals surface area contributed by atoms with E-state index >= 15 is 0 Å². The van der Waals surface area contributed by atoms with E-state index in [4.69, 9.17) is 0 Å². The Morgan fingerprint density at radius 2 is 1.50 bits per heavy atom. The minimum absolute atomic E-state index is 0.208. The molecule has 0 fully saturated rings. The first kappa shape index (κ1) is 23.7. The van der Waals surface area contributed by atoms with Gasteiger partial charge in [0.2, 0.25) is 15.9 Å². The lowest BCUT2D eigenvalue weighted by Crippen LogP contribution is -2.39. The Bertz CT molecular complexity index is 1200. The van der Waals surface area contributed by atoms with Crippen molar-refractivity contribution in [2.75, 3.05) is 18.4 Å². The number of carbonyl (C=O) groups is 1. The second-order valence-electron chi connectivity index (χ2n) is 8.21. The van der Waals surface area contributed by atoms with Gasteiger partial charge in [-0.25, -0.2) is 8.42 Å². The molecule has 0 aliphatic carbocycles. The average Bonchev–Trinajstić information content (AvgIpc) is 2.75. The number of benzene rings is 3. The van der Waals surface area contributed by atoms with Crippen molar-refractivity contribution < 1.29 is 13.2 Å². The summed E-state index contributed by atoms with van der Waals surface area (Å²) in [5.74, 6) is -0.362. The van der Waals surface area contributed by atoms with Gasteiger partial charge in [0, 0.05) is 12.2 Å². The van der Waals surface area contributed by atoms with Crippen molar-refractivity contribution in [2.24, 2.45) is 0 Å². The highest BCUT2D eigenvalue weighted by molar-refractivity contribution is 7.89. The van der Waals surface area contributed by atoms with Crippen LogP contribution in [0.3, 0.4) is 0 Å². The maximum Gasteiger partial charge on any atom is 0.243 e. The highest BCUT2D eigenvalue weighted by Crippen LogP contribution is 2.22. The molecule has 0 heterocycles. The first-order valence-electron chi connectivity index (χ1n) is 10.7. The first-order valence-corrected chi connectivity index (χ1v) is 12.1. The normalized spacial score (nSPS) is 11.5. The summed E-state index contributed by atoms with van der Waals surface area (Å²) in [6.07, 6.45) is 0.516. The molecule has 0 spiro atoms. The van der Waals surface area contributed by atoms with Gasteiger partial charge in [-0.3, -0.25) is 4.79 Å². The van der Waals surface area contributed by atoms with Gasteiger partial charge in [0.15, 0.2) is 0 Å². The zero-order chi connectivity index (χ0) is 23.3. The summed E-state index contributed by atoms with van der Waals surface area (Å²) in [7, 11) is -3.86. The number of carbonyl (C=O) groups excluding carboxylic acids is 1. The molecular formula is C26H30N2O3S. The molecule has 0 atom stereocenters. The van der Waals surface area contributed by atoms with Crippen LogP contribution in [0.25, 0.3) is 0 Å². The molecule has 6 heteroatoms. The molecule has 0 aliphatic rings. The Kier molecular flexibility index (Phi) is 7.48. The van der Waals surface area contributed by atoms with E-state index in [-0.39, 0.29) is 23.9 Å². The Balaban J connectivity index is 1.87. The van der Waals surface area contributed by atoms with Gasteiger partial charge in [0.05, 0.1) is 11.4 Å². The third-order valence-corrected chi connectivity index (χ3v) is 7.42. The molecule has 1 amide bonds. The molecule has 3 aromatic rings. The van der Waals surface area contributed by atoms with Crippen LogP contribution >= 0.6 is 0 Å². The maximum atomic E-state index is 13.6. The molecule has 1 N–H and O–H groups in total. The molecule has 0 aromatic heterocycles. The van der Waals surface area contributed by atoms with Crippen molar-refractivity contribution in [2.45, 2.75) is 39.0 Å².